The van der Waals surface area contributed by atoms with Crippen molar-refractivity contribution in [2.24, 2.45) is 0 Å². The molecule has 76 valence electrons. The number of allylic oxidation sites excluding steroid dienone is 1. The van der Waals surface area contributed by atoms with E-state index in [1.807, 2.05) is 13.0 Å². The van der Waals surface area contributed by atoms with Gasteiger partial charge in [-0.2, -0.15) is 0 Å². The van der Waals surface area contributed by atoms with Gasteiger partial charge in [0.15, 0.2) is 0 Å². The van der Waals surface area contributed by atoms with Crippen molar-refractivity contribution in [2.75, 3.05) is 19.0 Å². The minimum absolute atomic E-state index is 0.600. The van der Waals surface area contributed by atoms with Gasteiger partial charge in [0.1, 0.15) is 0 Å². The SMILES string of the molecule is CC=CC(=N)SSCCOCCC. The van der Waals surface area contributed by atoms with Crippen molar-refractivity contribution in [1.82, 2.24) is 0 Å². The van der Waals surface area contributed by atoms with E-state index in [-0.39, 0.29) is 0 Å². The van der Waals surface area contributed by atoms with Gasteiger partial charge >= 0.3 is 0 Å². The summed E-state index contributed by atoms with van der Waals surface area (Å²) in [6.45, 7) is 5.65. The molecule has 0 amide bonds. The molecule has 0 atom stereocenters. The molecule has 4 heteroatoms. The molecular formula is C9H17NOS2. The first kappa shape index (κ1) is 13.1. The molecule has 0 aromatic rings. The van der Waals surface area contributed by atoms with Crippen LogP contribution >= 0.6 is 21.6 Å². The summed E-state index contributed by atoms with van der Waals surface area (Å²) < 4.78 is 5.30. The Morgan fingerprint density at radius 1 is 1.46 bits per heavy atom. The van der Waals surface area contributed by atoms with Crippen LogP contribution in [0.25, 0.3) is 0 Å². The molecule has 0 radical (unpaired) electrons. The molecule has 0 aliphatic rings. The third-order valence-corrected chi connectivity index (χ3v) is 3.29. The highest BCUT2D eigenvalue weighted by molar-refractivity contribution is 8.82. The minimum atomic E-state index is 0.600. The highest BCUT2D eigenvalue weighted by atomic mass is 33.1. The first-order chi connectivity index (χ1) is 6.31. The maximum Gasteiger partial charge on any atom is 0.0972 e. The summed E-state index contributed by atoms with van der Waals surface area (Å²) in [5.74, 6) is 0.949. The molecule has 0 heterocycles. The molecule has 1 N–H and O–H groups in total. The molecule has 0 aromatic carbocycles. The van der Waals surface area contributed by atoms with Crippen molar-refractivity contribution in [3.63, 3.8) is 0 Å². The number of rotatable bonds is 7. The molecule has 0 saturated heterocycles. The fourth-order valence-corrected chi connectivity index (χ4v) is 2.21. The molecular weight excluding hydrogens is 202 g/mol. The van der Waals surface area contributed by atoms with Gasteiger partial charge in [-0.05, 0) is 30.2 Å². The molecule has 0 rings (SSSR count). The van der Waals surface area contributed by atoms with Gasteiger partial charge in [0.2, 0.25) is 0 Å². The quantitative estimate of drug-likeness (QED) is 0.308. The first-order valence-corrected chi connectivity index (χ1v) is 6.71. The van der Waals surface area contributed by atoms with Crippen LogP contribution in [0.3, 0.4) is 0 Å². The lowest BCUT2D eigenvalue weighted by atomic mass is 10.5. The van der Waals surface area contributed by atoms with Gasteiger partial charge < -0.3 is 4.74 Å². The molecule has 0 fully saturated rings. The number of hydrogen-bond acceptors (Lipinski definition) is 4. The summed E-state index contributed by atoms with van der Waals surface area (Å²) in [6.07, 6.45) is 4.75. The van der Waals surface area contributed by atoms with E-state index >= 15 is 0 Å². The normalized spacial score (nSPS) is 10.9. The van der Waals surface area contributed by atoms with Crippen molar-refractivity contribution >= 4 is 26.6 Å². The van der Waals surface area contributed by atoms with E-state index in [0.717, 1.165) is 25.4 Å². The maximum absolute atomic E-state index is 7.42. The lowest BCUT2D eigenvalue weighted by Gasteiger charge is -2.00. The average Bonchev–Trinajstić information content (AvgIpc) is 2.11. The predicted octanol–water partition coefficient (Wildman–Crippen LogP) is 3.35. The van der Waals surface area contributed by atoms with Crippen LogP contribution in [0.15, 0.2) is 12.2 Å². The van der Waals surface area contributed by atoms with E-state index in [2.05, 4.69) is 6.92 Å². The summed E-state index contributed by atoms with van der Waals surface area (Å²) in [4.78, 5) is 0. The Morgan fingerprint density at radius 3 is 2.85 bits per heavy atom. The second kappa shape index (κ2) is 10.2. The Morgan fingerprint density at radius 2 is 2.23 bits per heavy atom. The van der Waals surface area contributed by atoms with E-state index in [4.69, 9.17) is 10.1 Å². The van der Waals surface area contributed by atoms with E-state index in [0.29, 0.717) is 5.04 Å². The van der Waals surface area contributed by atoms with Gasteiger partial charge in [-0.25, -0.2) is 0 Å². The van der Waals surface area contributed by atoms with Gasteiger partial charge in [-0.3, -0.25) is 5.41 Å². The summed E-state index contributed by atoms with van der Waals surface area (Å²) >= 11 is 0. The predicted molar refractivity (Wildman–Crippen MR) is 63.7 cm³/mol. The summed E-state index contributed by atoms with van der Waals surface area (Å²) in [7, 11) is 3.16. The first-order valence-electron chi connectivity index (χ1n) is 4.39. The van der Waals surface area contributed by atoms with Crippen LogP contribution in [0.4, 0.5) is 0 Å². The topological polar surface area (TPSA) is 33.1 Å². The summed E-state index contributed by atoms with van der Waals surface area (Å²) in [5, 5.41) is 8.02. The van der Waals surface area contributed by atoms with Gasteiger partial charge in [-0.15, -0.1) is 0 Å². The van der Waals surface area contributed by atoms with Crippen LogP contribution in [0, 0.1) is 5.41 Å². The molecule has 13 heavy (non-hydrogen) atoms. The van der Waals surface area contributed by atoms with Crippen LogP contribution in [0.5, 0.6) is 0 Å². The van der Waals surface area contributed by atoms with Crippen LogP contribution in [-0.2, 0) is 4.74 Å². The largest absolute Gasteiger partial charge is 0.381 e. The smallest absolute Gasteiger partial charge is 0.0972 e. The van der Waals surface area contributed by atoms with Gasteiger partial charge in [0.05, 0.1) is 11.7 Å². The van der Waals surface area contributed by atoms with E-state index < -0.39 is 0 Å². The van der Waals surface area contributed by atoms with Crippen molar-refractivity contribution in [3.8, 4) is 0 Å². The highest BCUT2D eigenvalue weighted by Crippen LogP contribution is 2.22. The third kappa shape index (κ3) is 9.99. The number of ether oxygens (including phenoxy) is 1. The molecule has 0 bridgehead atoms. The molecule has 0 aromatic heterocycles. The zero-order valence-electron chi connectivity index (χ0n) is 8.21. The Kier molecular flexibility index (Phi) is 10.2. The number of nitrogens with one attached hydrogen (secondary N) is 1. The standard InChI is InChI=1S/C9H17NOS2/c1-3-5-9(10)13-12-8-7-11-6-4-2/h3,5,10H,4,6-8H2,1-2H3. The van der Waals surface area contributed by atoms with Crippen LogP contribution in [-0.4, -0.2) is 24.0 Å². The highest BCUT2D eigenvalue weighted by Gasteiger charge is 1.93. The second-order valence-corrected chi connectivity index (χ2v) is 4.84. The van der Waals surface area contributed by atoms with Crippen molar-refractivity contribution < 1.29 is 4.74 Å². The van der Waals surface area contributed by atoms with Gasteiger partial charge in [0, 0.05) is 12.4 Å². The average molecular weight is 219 g/mol. The Bertz CT molecular complexity index is 160. The maximum atomic E-state index is 7.42. The second-order valence-electron chi connectivity index (χ2n) is 2.38. The lowest BCUT2D eigenvalue weighted by molar-refractivity contribution is 0.151. The van der Waals surface area contributed by atoms with Crippen molar-refractivity contribution in [3.05, 3.63) is 12.2 Å². The van der Waals surface area contributed by atoms with Crippen molar-refractivity contribution in [1.29, 1.82) is 5.41 Å². The Labute approximate surface area is 88.4 Å². The van der Waals surface area contributed by atoms with Crippen molar-refractivity contribution in [2.45, 2.75) is 20.3 Å². The van der Waals surface area contributed by atoms with E-state index in [9.17, 15) is 0 Å². The molecule has 0 unspecified atom stereocenters. The zero-order chi connectivity index (χ0) is 9.94. The fourth-order valence-electron chi connectivity index (χ4n) is 0.624. The van der Waals surface area contributed by atoms with E-state index in [1.165, 1.54) is 10.8 Å². The molecule has 0 saturated carbocycles. The molecule has 0 aliphatic carbocycles. The molecule has 0 aliphatic heterocycles. The van der Waals surface area contributed by atoms with Crippen LogP contribution in [0.2, 0.25) is 0 Å². The summed E-state index contributed by atoms with van der Waals surface area (Å²) in [5.41, 5.74) is 0. The molecule has 2 nitrogen and oxygen atoms in total. The Hall–Kier alpha value is 0.0700. The van der Waals surface area contributed by atoms with Gasteiger partial charge in [-0.1, -0.05) is 23.8 Å². The minimum Gasteiger partial charge on any atom is -0.381 e. The van der Waals surface area contributed by atoms with Gasteiger partial charge in [0.25, 0.3) is 0 Å². The number of hydrogen-bond donors (Lipinski definition) is 1. The third-order valence-electron chi connectivity index (χ3n) is 1.13. The lowest BCUT2D eigenvalue weighted by Crippen LogP contribution is -1.97. The summed E-state index contributed by atoms with van der Waals surface area (Å²) in [6, 6.07) is 0. The zero-order valence-corrected chi connectivity index (χ0v) is 9.84. The monoisotopic (exact) mass is 219 g/mol. The van der Waals surface area contributed by atoms with E-state index in [1.54, 1.807) is 16.9 Å². The van der Waals surface area contributed by atoms with Crippen LogP contribution in [0.1, 0.15) is 20.3 Å². The Balaban J connectivity index is 3.11. The molecule has 0 spiro atoms. The fraction of sp³-hybridized carbons (Fsp3) is 0.667. The van der Waals surface area contributed by atoms with Crippen LogP contribution < -0.4 is 0 Å².